The van der Waals surface area contributed by atoms with Crippen LogP contribution < -0.4 is 10.2 Å². The first-order chi connectivity index (χ1) is 13.3. The maximum atomic E-state index is 13.3. The minimum Gasteiger partial charge on any atom is -0.508 e. The SMILES string of the molecule is C[C@]1(C(=O)O)N[C@@H](c2cc(Br)ccc2O)[C@H]2C(=O)N(c3ccccc3)C(=O)[C@H]21. The molecule has 4 rings (SSSR count). The second kappa shape index (κ2) is 6.42. The molecule has 7 nitrogen and oxygen atoms in total. The highest BCUT2D eigenvalue weighted by atomic mass is 79.9. The summed E-state index contributed by atoms with van der Waals surface area (Å²) in [4.78, 5) is 39.6. The van der Waals surface area contributed by atoms with Crippen molar-refractivity contribution in [3.8, 4) is 5.75 Å². The minimum atomic E-state index is -1.65. The molecule has 0 aromatic heterocycles. The van der Waals surface area contributed by atoms with Crippen molar-refractivity contribution in [1.82, 2.24) is 5.32 Å². The van der Waals surface area contributed by atoms with Crippen molar-refractivity contribution in [2.45, 2.75) is 18.5 Å². The van der Waals surface area contributed by atoms with Gasteiger partial charge in [0.15, 0.2) is 0 Å². The average Bonchev–Trinajstić information content (AvgIpc) is 3.12. The van der Waals surface area contributed by atoms with Crippen LogP contribution >= 0.6 is 15.9 Å². The minimum absolute atomic E-state index is 0.0764. The Balaban J connectivity index is 1.86. The molecule has 0 bridgehead atoms. The predicted octanol–water partition coefficient (Wildman–Crippen LogP) is 2.45. The monoisotopic (exact) mass is 444 g/mol. The van der Waals surface area contributed by atoms with Gasteiger partial charge in [0, 0.05) is 16.1 Å². The number of amides is 2. The van der Waals surface area contributed by atoms with E-state index in [0.717, 1.165) is 4.90 Å². The lowest BCUT2D eigenvalue weighted by Gasteiger charge is -2.27. The molecule has 2 aromatic rings. The summed E-state index contributed by atoms with van der Waals surface area (Å²) in [5, 5.41) is 23.1. The van der Waals surface area contributed by atoms with E-state index in [1.165, 1.54) is 13.0 Å². The van der Waals surface area contributed by atoms with E-state index >= 15 is 0 Å². The van der Waals surface area contributed by atoms with Crippen LogP contribution in [0.25, 0.3) is 0 Å². The molecule has 144 valence electrons. The second-order valence-corrected chi connectivity index (χ2v) is 8.10. The highest BCUT2D eigenvalue weighted by Crippen LogP contribution is 2.51. The smallest absolute Gasteiger partial charge is 0.324 e. The van der Waals surface area contributed by atoms with Gasteiger partial charge in [0.1, 0.15) is 11.3 Å². The highest BCUT2D eigenvalue weighted by molar-refractivity contribution is 9.10. The molecule has 0 spiro atoms. The Morgan fingerprint density at radius 2 is 1.82 bits per heavy atom. The summed E-state index contributed by atoms with van der Waals surface area (Å²) in [6, 6.07) is 12.3. The Hall–Kier alpha value is -2.71. The van der Waals surface area contributed by atoms with Gasteiger partial charge in [-0.1, -0.05) is 34.1 Å². The topological polar surface area (TPSA) is 107 Å². The Labute approximate surface area is 169 Å². The summed E-state index contributed by atoms with van der Waals surface area (Å²) in [7, 11) is 0. The number of aromatic hydroxyl groups is 1. The zero-order valence-corrected chi connectivity index (χ0v) is 16.4. The average molecular weight is 445 g/mol. The first-order valence-corrected chi connectivity index (χ1v) is 9.47. The molecule has 8 heteroatoms. The fourth-order valence-corrected chi connectivity index (χ4v) is 4.59. The van der Waals surface area contributed by atoms with E-state index < -0.39 is 41.2 Å². The van der Waals surface area contributed by atoms with Gasteiger partial charge in [-0.25, -0.2) is 4.90 Å². The Morgan fingerprint density at radius 1 is 1.14 bits per heavy atom. The zero-order chi connectivity index (χ0) is 20.2. The lowest BCUT2D eigenvalue weighted by molar-refractivity contribution is -0.147. The Bertz CT molecular complexity index is 995. The third kappa shape index (κ3) is 2.56. The van der Waals surface area contributed by atoms with Gasteiger partial charge in [-0.05, 0) is 37.3 Å². The Kier molecular flexibility index (Phi) is 4.28. The number of hydrogen-bond acceptors (Lipinski definition) is 5. The van der Waals surface area contributed by atoms with E-state index in [9.17, 15) is 24.6 Å². The number of imide groups is 1. The number of anilines is 1. The number of fused-ring (bicyclic) bond motifs is 1. The zero-order valence-electron chi connectivity index (χ0n) is 14.8. The first kappa shape index (κ1) is 18.6. The molecule has 0 radical (unpaired) electrons. The fraction of sp³-hybridized carbons (Fsp3) is 0.250. The van der Waals surface area contributed by atoms with E-state index in [4.69, 9.17) is 0 Å². The molecule has 0 aliphatic carbocycles. The summed E-state index contributed by atoms with van der Waals surface area (Å²) in [6.07, 6.45) is 0. The van der Waals surface area contributed by atoms with E-state index in [2.05, 4.69) is 21.2 Å². The van der Waals surface area contributed by atoms with Crippen LogP contribution in [0.1, 0.15) is 18.5 Å². The number of carboxylic acid groups (broad SMARTS) is 1. The van der Waals surface area contributed by atoms with Crippen LogP contribution in [0.2, 0.25) is 0 Å². The lowest BCUT2D eigenvalue weighted by Crippen LogP contribution is -2.53. The number of nitrogens with one attached hydrogen (secondary N) is 1. The molecular weight excluding hydrogens is 428 g/mol. The number of halogens is 1. The van der Waals surface area contributed by atoms with Crippen LogP contribution in [0.3, 0.4) is 0 Å². The third-order valence-electron chi connectivity index (χ3n) is 5.57. The van der Waals surface area contributed by atoms with Crippen molar-refractivity contribution >= 4 is 39.4 Å². The summed E-state index contributed by atoms with van der Waals surface area (Å²) in [5.74, 6) is -4.39. The summed E-state index contributed by atoms with van der Waals surface area (Å²) in [5.41, 5.74) is -0.886. The van der Waals surface area contributed by atoms with Crippen molar-refractivity contribution in [1.29, 1.82) is 0 Å². The van der Waals surface area contributed by atoms with Crippen molar-refractivity contribution in [3.05, 3.63) is 58.6 Å². The molecule has 2 amide bonds. The third-order valence-corrected chi connectivity index (χ3v) is 6.06. The van der Waals surface area contributed by atoms with Crippen LogP contribution in [0.4, 0.5) is 5.69 Å². The normalized spacial score (nSPS) is 29.2. The van der Waals surface area contributed by atoms with Crippen LogP contribution in [-0.2, 0) is 14.4 Å². The molecule has 28 heavy (non-hydrogen) atoms. The number of para-hydroxylation sites is 1. The van der Waals surface area contributed by atoms with Gasteiger partial charge in [-0.15, -0.1) is 0 Å². The molecule has 2 fully saturated rings. The fourth-order valence-electron chi connectivity index (χ4n) is 4.21. The maximum absolute atomic E-state index is 13.3. The molecule has 4 atom stereocenters. The molecule has 0 saturated carbocycles. The Morgan fingerprint density at radius 3 is 2.46 bits per heavy atom. The molecule has 2 aliphatic rings. The van der Waals surface area contributed by atoms with Crippen LogP contribution in [-0.4, -0.2) is 33.5 Å². The second-order valence-electron chi connectivity index (χ2n) is 7.18. The molecule has 0 unspecified atom stereocenters. The van der Waals surface area contributed by atoms with Crippen molar-refractivity contribution in [2.24, 2.45) is 11.8 Å². The molecule has 2 saturated heterocycles. The standard InChI is InChI=1S/C20H17BrN2O5/c1-20(19(27)28)15-14(16(22-20)12-9-10(21)7-8-13(12)24)17(25)23(18(15)26)11-5-3-2-4-6-11/h2-9,14-16,22,24H,1H3,(H,27,28)/t14-,15-,16-,20-/m0/s1. The number of carbonyl (C=O) groups excluding carboxylic acids is 2. The molecular formula is C20H17BrN2O5. The van der Waals surface area contributed by atoms with Crippen LogP contribution in [0.15, 0.2) is 53.0 Å². The van der Waals surface area contributed by atoms with Gasteiger partial charge >= 0.3 is 5.97 Å². The number of carbonyl (C=O) groups is 3. The number of benzene rings is 2. The number of hydrogen-bond donors (Lipinski definition) is 3. The number of carboxylic acids is 1. The molecule has 2 aromatic carbocycles. The van der Waals surface area contributed by atoms with Gasteiger partial charge < -0.3 is 10.2 Å². The first-order valence-electron chi connectivity index (χ1n) is 8.68. The summed E-state index contributed by atoms with van der Waals surface area (Å²) >= 11 is 3.33. The number of phenols is 1. The number of rotatable bonds is 3. The highest BCUT2D eigenvalue weighted by Gasteiger charge is 2.67. The number of aliphatic carboxylic acids is 1. The summed E-state index contributed by atoms with van der Waals surface area (Å²) < 4.78 is 0.666. The van der Waals surface area contributed by atoms with E-state index in [1.54, 1.807) is 42.5 Å². The molecule has 2 aliphatic heterocycles. The van der Waals surface area contributed by atoms with Crippen LogP contribution in [0.5, 0.6) is 5.75 Å². The quantitative estimate of drug-likeness (QED) is 0.627. The van der Waals surface area contributed by atoms with Crippen molar-refractivity contribution in [2.75, 3.05) is 4.90 Å². The van der Waals surface area contributed by atoms with Gasteiger partial charge in [0.2, 0.25) is 11.8 Å². The van der Waals surface area contributed by atoms with Gasteiger partial charge in [0.05, 0.1) is 17.5 Å². The van der Waals surface area contributed by atoms with Gasteiger partial charge in [0.25, 0.3) is 0 Å². The van der Waals surface area contributed by atoms with Gasteiger partial charge in [-0.3, -0.25) is 19.7 Å². The van der Waals surface area contributed by atoms with Gasteiger partial charge in [-0.2, -0.15) is 0 Å². The van der Waals surface area contributed by atoms with E-state index in [-0.39, 0.29) is 5.75 Å². The van der Waals surface area contributed by atoms with Crippen molar-refractivity contribution in [3.63, 3.8) is 0 Å². The molecule has 3 N–H and O–H groups in total. The molecule has 2 heterocycles. The maximum Gasteiger partial charge on any atom is 0.324 e. The van der Waals surface area contributed by atoms with E-state index in [0.29, 0.717) is 15.7 Å². The lowest BCUT2D eigenvalue weighted by atomic mass is 9.80. The number of nitrogens with zero attached hydrogens (tertiary/aromatic N) is 1. The summed E-state index contributed by atoms with van der Waals surface area (Å²) in [6.45, 7) is 1.40. The van der Waals surface area contributed by atoms with Crippen molar-refractivity contribution < 1.29 is 24.6 Å². The van der Waals surface area contributed by atoms with E-state index in [1.807, 2.05) is 0 Å². The number of phenolic OH excluding ortho intramolecular Hbond substituents is 1. The largest absolute Gasteiger partial charge is 0.508 e. The van der Waals surface area contributed by atoms with Crippen LogP contribution in [0, 0.1) is 11.8 Å². The predicted molar refractivity (Wildman–Crippen MR) is 104 cm³/mol.